The number of nitrogens with one attached hydrogen (secondary N) is 2. The first-order chi connectivity index (χ1) is 12.6. The quantitative estimate of drug-likeness (QED) is 0.755. The van der Waals surface area contributed by atoms with E-state index in [0.717, 1.165) is 22.6 Å². The van der Waals surface area contributed by atoms with E-state index in [4.69, 9.17) is 0 Å². The van der Waals surface area contributed by atoms with Gasteiger partial charge >= 0.3 is 6.03 Å². The molecule has 3 heterocycles. The highest BCUT2D eigenvalue weighted by Gasteiger charge is 2.20. The van der Waals surface area contributed by atoms with Crippen LogP contribution in [0.2, 0.25) is 0 Å². The van der Waals surface area contributed by atoms with E-state index in [1.165, 1.54) is 0 Å². The predicted molar refractivity (Wildman–Crippen MR) is 99.4 cm³/mol. The number of carbonyl (C=O) groups is 1. The number of carbonyl (C=O) groups excluding carboxylic acids is 1. The number of nitrogens with zero attached hydrogens (tertiary/aromatic N) is 5. The number of rotatable bonds is 4. The molecule has 0 atom stereocenters. The van der Waals surface area contributed by atoms with Crippen LogP contribution in [0.15, 0.2) is 42.7 Å². The highest BCUT2D eigenvalue weighted by molar-refractivity contribution is 5.94. The van der Waals surface area contributed by atoms with Crippen LogP contribution in [0.4, 0.5) is 22.0 Å². The Kier molecular flexibility index (Phi) is 4.00. The number of hydrogen-bond acceptors (Lipinski definition) is 5. The molecule has 1 aliphatic rings. The Morgan fingerprint density at radius 2 is 2.00 bits per heavy atom. The second kappa shape index (κ2) is 6.47. The Labute approximate surface area is 150 Å². The van der Waals surface area contributed by atoms with Crippen LogP contribution in [0.3, 0.4) is 0 Å². The highest BCUT2D eigenvalue weighted by atomic mass is 16.2. The molecule has 0 spiro atoms. The summed E-state index contributed by atoms with van der Waals surface area (Å²) in [6.07, 6.45) is 3.49. The molecular weight excluding hydrogens is 330 g/mol. The Bertz CT molecular complexity index is 948. The van der Waals surface area contributed by atoms with E-state index < -0.39 is 0 Å². The molecule has 8 nitrogen and oxygen atoms in total. The van der Waals surface area contributed by atoms with Crippen LogP contribution in [-0.4, -0.2) is 38.9 Å². The predicted octanol–water partition coefficient (Wildman–Crippen LogP) is 2.46. The average molecular weight is 349 g/mol. The normalized spacial score (nSPS) is 13.8. The van der Waals surface area contributed by atoms with Gasteiger partial charge in [0.15, 0.2) is 5.82 Å². The minimum Gasteiger partial charge on any atom is -0.337 e. The van der Waals surface area contributed by atoms with Crippen LogP contribution in [0.5, 0.6) is 0 Å². The maximum Gasteiger partial charge on any atom is 0.321 e. The molecule has 0 saturated carbocycles. The maximum atomic E-state index is 11.8. The summed E-state index contributed by atoms with van der Waals surface area (Å²) >= 11 is 0. The third-order valence-corrected chi connectivity index (χ3v) is 4.45. The van der Waals surface area contributed by atoms with Gasteiger partial charge in [-0.15, -0.1) is 0 Å². The van der Waals surface area contributed by atoms with Gasteiger partial charge in [0, 0.05) is 37.6 Å². The van der Waals surface area contributed by atoms with Gasteiger partial charge in [0.25, 0.3) is 0 Å². The number of amides is 2. The largest absolute Gasteiger partial charge is 0.337 e. The number of anilines is 3. The monoisotopic (exact) mass is 349 g/mol. The summed E-state index contributed by atoms with van der Waals surface area (Å²) in [4.78, 5) is 22.4. The molecule has 8 heteroatoms. The Balaban J connectivity index is 1.56. The summed E-state index contributed by atoms with van der Waals surface area (Å²) < 4.78 is 1.80. The van der Waals surface area contributed by atoms with Crippen LogP contribution in [0.25, 0.3) is 11.4 Å². The summed E-state index contributed by atoms with van der Waals surface area (Å²) in [5.74, 6) is 1.32. The van der Waals surface area contributed by atoms with E-state index in [1.807, 2.05) is 44.3 Å². The van der Waals surface area contributed by atoms with Crippen molar-refractivity contribution in [2.75, 3.05) is 23.3 Å². The van der Waals surface area contributed by atoms with Crippen molar-refractivity contribution in [3.63, 3.8) is 0 Å². The molecule has 0 aliphatic carbocycles. The van der Waals surface area contributed by atoms with Crippen molar-refractivity contribution >= 4 is 23.2 Å². The van der Waals surface area contributed by atoms with Gasteiger partial charge in [-0.05, 0) is 37.3 Å². The lowest BCUT2D eigenvalue weighted by atomic mass is 10.2. The van der Waals surface area contributed by atoms with Crippen molar-refractivity contribution in [1.82, 2.24) is 25.1 Å². The first-order valence-corrected chi connectivity index (χ1v) is 8.36. The average Bonchev–Trinajstić information content (AvgIpc) is 3.23. The number of aromatic nitrogens is 4. The van der Waals surface area contributed by atoms with Gasteiger partial charge in [-0.2, -0.15) is 5.10 Å². The molecular formula is C18H19N7O. The second-order valence-electron chi connectivity index (χ2n) is 6.09. The molecule has 2 aromatic heterocycles. The Morgan fingerprint density at radius 3 is 2.65 bits per heavy atom. The summed E-state index contributed by atoms with van der Waals surface area (Å²) in [5.41, 5.74) is 3.69. The summed E-state index contributed by atoms with van der Waals surface area (Å²) in [6, 6.07) is 9.43. The van der Waals surface area contributed by atoms with Crippen molar-refractivity contribution in [3.05, 3.63) is 48.4 Å². The Morgan fingerprint density at radius 1 is 1.19 bits per heavy atom. The van der Waals surface area contributed by atoms with Crippen LogP contribution in [-0.2, 0) is 7.05 Å². The zero-order chi connectivity index (χ0) is 18.1. The lowest BCUT2D eigenvalue weighted by Crippen LogP contribution is -2.27. The lowest BCUT2D eigenvalue weighted by Gasteiger charge is -2.14. The van der Waals surface area contributed by atoms with Gasteiger partial charge in [0.05, 0.1) is 17.6 Å². The molecule has 132 valence electrons. The number of aryl methyl sites for hydroxylation is 1. The molecule has 0 radical (unpaired) electrons. The van der Waals surface area contributed by atoms with Gasteiger partial charge < -0.3 is 10.6 Å². The van der Waals surface area contributed by atoms with Gasteiger partial charge in [0.1, 0.15) is 5.82 Å². The molecule has 0 bridgehead atoms. The van der Waals surface area contributed by atoms with Crippen LogP contribution < -0.4 is 15.5 Å². The number of urea groups is 1. The van der Waals surface area contributed by atoms with E-state index in [2.05, 4.69) is 25.7 Å². The summed E-state index contributed by atoms with van der Waals surface area (Å²) in [7, 11) is 1.90. The van der Waals surface area contributed by atoms with Gasteiger partial charge in [-0.3, -0.25) is 9.58 Å². The first kappa shape index (κ1) is 16.1. The fourth-order valence-electron chi connectivity index (χ4n) is 2.84. The standard InChI is InChI=1S/C18H19N7O/c1-12-15(11-21-24(12)2)22-16-7-8-19-17(23-16)13-3-5-14(6-4-13)25-10-9-20-18(25)26/h3-8,11H,9-10H2,1-2H3,(H,20,26)(H,19,22,23). The molecule has 3 aromatic rings. The molecule has 4 rings (SSSR count). The van der Waals surface area contributed by atoms with Crippen LogP contribution in [0.1, 0.15) is 5.69 Å². The minimum absolute atomic E-state index is 0.0629. The number of hydrogen-bond donors (Lipinski definition) is 2. The van der Waals surface area contributed by atoms with Crippen molar-refractivity contribution in [2.45, 2.75) is 6.92 Å². The fraction of sp³-hybridized carbons (Fsp3) is 0.222. The zero-order valence-electron chi connectivity index (χ0n) is 14.6. The zero-order valence-corrected chi connectivity index (χ0v) is 14.6. The molecule has 26 heavy (non-hydrogen) atoms. The molecule has 1 aromatic carbocycles. The van der Waals surface area contributed by atoms with E-state index in [-0.39, 0.29) is 6.03 Å². The topological polar surface area (TPSA) is 88.0 Å². The second-order valence-corrected chi connectivity index (χ2v) is 6.09. The van der Waals surface area contributed by atoms with Crippen molar-refractivity contribution in [1.29, 1.82) is 0 Å². The van der Waals surface area contributed by atoms with Crippen LogP contribution in [0, 0.1) is 6.92 Å². The van der Waals surface area contributed by atoms with E-state index in [9.17, 15) is 4.79 Å². The number of benzene rings is 1. The summed E-state index contributed by atoms with van der Waals surface area (Å²) in [5, 5.41) is 10.3. The van der Waals surface area contributed by atoms with Crippen LogP contribution >= 0.6 is 0 Å². The fourth-order valence-corrected chi connectivity index (χ4v) is 2.84. The van der Waals surface area contributed by atoms with E-state index in [0.29, 0.717) is 24.7 Å². The Hall–Kier alpha value is -3.42. The minimum atomic E-state index is -0.0629. The van der Waals surface area contributed by atoms with Crippen molar-refractivity contribution in [3.8, 4) is 11.4 Å². The van der Waals surface area contributed by atoms with Crippen molar-refractivity contribution in [2.24, 2.45) is 7.05 Å². The highest BCUT2D eigenvalue weighted by Crippen LogP contribution is 2.24. The SMILES string of the molecule is Cc1c(Nc2ccnc(-c3ccc(N4CCNC4=O)cc3)n2)cnn1C. The molecule has 2 N–H and O–H groups in total. The lowest BCUT2D eigenvalue weighted by molar-refractivity contribution is 0.252. The smallest absolute Gasteiger partial charge is 0.321 e. The molecule has 0 unspecified atom stereocenters. The van der Waals surface area contributed by atoms with Gasteiger partial charge in [0.2, 0.25) is 0 Å². The van der Waals surface area contributed by atoms with E-state index >= 15 is 0 Å². The van der Waals surface area contributed by atoms with Gasteiger partial charge in [-0.1, -0.05) is 0 Å². The molecule has 1 aliphatic heterocycles. The third-order valence-electron chi connectivity index (χ3n) is 4.45. The molecule has 1 fully saturated rings. The molecule has 2 amide bonds. The maximum absolute atomic E-state index is 11.8. The molecule has 1 saturated heterocycles. The van der Waals surface area contributed by atoms with Crippen molar-refractivity contribution < 1.29 is 4.79 Å². The third kappa shape index (κ3) is 2.97. The van der Waals surface area contributed by atoms with E-state index in [1.54, 1.807) is 22.0 Å². The first-order valence-electron chi connectivity index (χ1n) is 8.36. The summed E-state index contributed by atoms with van der Waals surface area (Å²) in [6.45, 7) is 3.34. The van der Waals surface area contributed by atoms with Gasteiger partial charge in [-0.25, -0.2) is 14.8 Å².